The fraction of sp³-hybridized carbons (Fsp3) is 0.318. The van der Waals surface area contributed by atoms with E-state index in [0.29, 0.717) is 5.56 Å². The summed E-state index contributed by atoms with van der Waals surface area (Å²) in [5.74, 6) is -1.43. The average molecular weight is 397 g/mol. The molecule has 1 saturated heterocycles. The summed E-state index contributed by atoms with van der Waals surface area (Å²) in [5, 5.41) is 5.43. The molecule has 0 aliphatic carbocycles. The van der Waals surface area contributed by atoms with Gasteiger partial charge in [0.2, 0.25) is 5.91 Å². The molecule has 29 heavy (non-hydrogen) atoms. The molecule has 0 bridgehead atoms. The number of carbonyl (C=O) groups excluding carboxylic acids is 3. The summed E-state index contributed by atoms with van der Waals surface area (Å²) in [6, 6.07) is 10.3. The van der Waals surface area contributed by atoms with Gasteiger partial charge in [0.1, 0.15) is 17.9 Å². The number of imide groups is 1. The largest absolute Gasteiger partial charge is 0.348 e. The van der Waals surface area contributed by atoms with Crippen molar-refractivity contribution in [1.82, 2.24) is 15.5 Å². The maximum absolute atomic E-state index is 13.2. The number of hydrogen-bond donors (Lipinski definition) is 2. The zero-order chi connectivity index (χ0) is 21.3. The summed E-state index contributed by atoms with van der Waals surface area (Å²) in [6.07, 6.45) is 0. The van der Waals surface area contributed by atoms with Crippen molar-refractivity contribution in [2.45, 2.75) is 39.3 Å². The van der Waals surface area contributed by atoms with Gasteiger partial charge in [0.25, 0.3) is 5.91 Å². The first-order chi connectivity index (χ1) is 13.6. The lowest BCUT2D eigenvalue weighted by Gasteiger charge is -2.22. The highest BCUT2D eigenvalue weighted by Gasteiger charge is 2.49. The molecule has 6 nitrogen and oxygen atoms in total. The normalized spacial score (nSPS) is 19.8. The summed E-state index contributed by atoms with van der Waals surface area (Å²) in [5.41, 5.74) is 2.32. The molecule has 152 valence electrons. The maximum Gasteiger partial charge on any atom is 0.325 e. The fourth-order valence-corrected chi connectivity index (χ4v) is 3.37. The predicted octanol–water partition coefficient (Wildman–Crippen LogP) is 3.09. The van der Waals surface area contributed by atoms with Crippen LogP contribution >= 0.6 is 0 Å². The third-order valence-electron chi connectivity index (χ3n) is 5.41. The molecule has 0 spiro atoms. The topological polar surface area (TPSA) is 78.5 Å². The van der Waals surface area contributed by atoms with Crippen LogP contribution in [0.15, 0.2) is 42.5 Å². The SMILES string of the molecule is Cc1ccc(C(C)NC(=O)CN2C(=O)NC(C)(c3ccc(F)cc3)C2=O)cc1C. The quantitative estimate of drug-likeness (QED) is 0.761. The van der Waals surface area contributed by atoms with Crippen LogP contribution in [0.4, 0.5) is 9.18 Å². The zero-order valence-corrected chi connectivity index (χ0v) is 16.9. The molecule has 2 unspecified atom stereocenters. The third kappa shape index (κ3) is 3.99. The number of carbonyl (C=O) groups is 3. The highest BCUT2D eigenvalue weighted by atomic mass is 19.1. The van der Waals surface area contributed by atoms with Crippen molar-refractivity contribution in [3.8, 4) is 0 Å². The van der Waals surface area contributed by atoms with Crippen molar-refractivity contribution in [2.75, 3.05) is 6.54 Å². The van der Waals surface area contributed by atoms with Gasteiger partial charge in [-0.2, -0.15) is 0 Å². The Balaban J connectivity index is 1.70. The van der Waals surface area contributed by atoms with Gasteiger partial charge in [-0.1, -0.05) is 30.3 Å². The molecule has 0 radical (unpaired) electrons. The smallest absolute Gasteiger partial charge is 0.325 e. The van der Waals surface area contributed by atoms with Gasteiger partial charge in [-0.3, -0.25) is 14.5 Å². The molecular formula is C22H24FN3O3. The van der Waals surface area contributed by atoms with Crippen LogP contribution in [-0.2, 0) is 15.1 Å². The van der Waals surface area contributed by atoms with Crippen LogP contribution in [0.3, 0.4) is 0 Å². The van der Waals surface area contributed by atoms with Gasteiger partial charge < -0.3 is 10.6 Å². The van der Waals surface area contributed by atoms with Gasteiger partial charge in [-0.15, -0.1) is 0 Å². The number of benzene rings is 2. The van der Waals surface area contributed by atoms with E-state index in [4.69, 9.17) is 0 Å². The summed E-state index contributed by atoms with van der Waals surface area (Å²) in [6.45, 7) is 7.00. The number of nitrogens with zero attached hydrogens (tertiary/aromatic N) is 1. The van der Waals surface area contributed by atoms with E-state index in [-0.39, 0.29) is 6.04 Å². The Morgan fingerprint density at radius 2 is 1.79 bits per heavy atom. The molecule has 0 aromatic heterocycles. The monoisotopic (exact) mass is 397 g/mol. The van der Waals surface area contributed by atoms with Gasteiger partial charge in [0, 0.05) is 0 Å². The second kappa shape index (κ2) is 7.66. The van der Waals surface area contributed by atoms with Gasteiger partial charge in [0.15, 0.2) is 0 Å². The molecule has 4 amide bonds. The van der Waals surface area contributed by atoms with E-state index < -0.39 is 35.7 Å². The van der Waals surface area contributed by atoms with E-state index in [2.05, 4.69) is 10.6 Å². The Labute approximate surface area is 169 Å². The number of hydrogen-bond acceptors (Lipinski definition) is 3. The Morgan fingerprint density at radius 1 is 1.14 bits per heavy atom. The Hall–Kier alpha value is -3.22. The molecule has 1 aliphatic rings. The Kier molecular flexibility index (Phi) is 5.42. The maximum atomic E-state index is 13.2. The van der Waals surface area contributed by atoms with Crippen molar-refractivity contribution in [3.63, 3.8) is 0 Å². The lowest BCUT2D eigenvalue weighted by atomic mass is 9.92. The molecule has 2 aromatic carbocycles. The molecular weight excluding hydrogens is 373 g/mol. The molecule has 1 heterocycles. The van der Waals surface area contributed by atoms with Crippen molar-refractivity contribution in [1.29, 1.82) is 0 Å². The van der Waals surface area contributed by atoms with E-state index in [0.717, 1.165) is 21.6 Å². The van der Waals surface area contributed by atoms with Crippen LogP contribution in [0, 0.1) is 19.7 Å². The van der Waals surface area contributed by atoms with Crippen LogP contribution in [0.5, 0.6) is 0 Å². The van der Waals surface area contributed by atoms with Gasteiger partial charge in [-0.25, -0.2) is 9.18 Å². The molecule has 2 aromatic rings. The lowest BCUT2D eigenvalue weighted by molar-refractivity contribution is -0.135. The van der Waals surface area contributed by atoms with E-state index in [1.807, 2.05) is 39.0 Å². The summed E-state index contributed by atoms with van der Waals surface area (Å²) in [4.78, 5) is 38.6. The first kappa shape index (κ1) is 20.5. The first-order valence-electron chi connectivity index (χ1n) is 9.38. The van der Waals surface area contributed by atoms with E-state index in [1.54, 1.807) is 0 Å². The third-order valence-corrected chi connectivity index (χ3v) is 5.41. The van der Waals surface area contributed by atoms with E-state index >= 15 is 0 Å². The van der Waals surface area contributed by atoms with Crippen molar-refractivity contribution < 1.29 is 18.8 Å². The fourth-order valence-electron chi connectivity index (χ4n) is 3.37. The molecule has 2 atom stereocenters. The van der Waals surface area contributed by atoms with Crippen LogP contribution < -0.4 is 10.6 Å². The number of urea groups is 1. The second-order valence-corrected chi connectivity index (χ2v) is 7.59. The van der Waals surface area contributed by atoms with Crippen LogP contribution in [0.25, 0.3) is 0 Å². The van der Waals surface area contributed by atoms with E-state index in [9.17, 15) is 18.8 Å². The number of nitrogens with one attached hydrogen (secondary N) is 2. The minimum absolute atomic E-state index is 0.272. The Bertz CT molecular complexity index is 974. The van der Waals surface area contributed by atoms with Crippen LogP contribution in [0.2, 0.25) is 0 Å². The van der Waals surface area contributed by atoms with Crippen molar-refractivity contribution in [3.05, 3.63) is 70.5 Å². The van der Waals surface area contributed by atoms with Crippen molar-refractivity contribution in [2.24, 2.45) is 0 Å². The van der Waals surface area contributed by atoms with Crippen molar-refractivity contribution >= 4 is 17.8 Å². The van der Waals surface area contributed by atoms with Crippen LogP contribution in [-0.4, -0.2) is 29.3 Å². The lowest BCUT2D eigenvalue weighted by Crippen LogP contribution is -2.43. The molecule has 7 heteroatoms. The standard InChI is InChI=1S/C22H24FN3O3/c1-13-5-6-16(11-14(13)2)15(3)24-19(27)12-26-20(28)22(4,25-21(26)29)17-7-9-18(23)10-8-17/h5-11,15H,12H2,1-4H3,(H,24,27)(H,25,29). The number of amides is 4. The molecule has 1 fully saturated rings. The highest BCUT2D eigenvalue weighted by Crippen LogP contribution is 2.29. The van der Waals surface area contributed by atoms with E-state index in [1.165, 1.54) is 31.2 Å². The van der Waals surface area contributed by atoms with Gasteiger partial charge >= 0.3 is 6.03 Å². The second-order valence-electron chi connectivity index (χ2n) is 7.59. The minimum Gasteiger partial charge on any atom is -0.348 e. The number of rotatable bonds is 5. The number of halogens is 1. The first-order valence-corrected chi connectivity index (χ1v) is 9.38. The number of aryl methyl sites for hydroxylation is 2. The molecule has 3 rings (SSSR count). The zero-order valence-electron chi connectivity index (χ0n) is 16.9. The van der Waals surface area contributed by atoms with Gasteiger partial charge in [-0.05, 0) is 62.1 Å². The summed E-state index contributed by atoms with van der Waals surface area (Å²) >= 11 is 0. The predicted molar refractivity (Wildman–Crippen MR) is 106 cm³/mol. The highest BCUT2D eigenvalue weighted by molar-refractivity contribution is 6.09. The molecule has 0 saturated carbocycles. The molecule has 1 aliphatic heterocycles. The average Bonchev–Trinajstić information content (AvgIpc) is 2.88. The van der Waals surface area contributed by atoms with Gasteiger partial charge in [0.05, 0.1) is 6.04 Å². The minimum atomic E-state index is -1.34. The summed E-state index contributed by atoms with van der Waals surface area (Å²) in [7, 11) is 0. The Morgan fingerprint density at radius 3 is 2.41 bits per heavy atom. The van der Waals surface area contributed by atoms with Crippen LogP contribution in [0.1, 0.15) is 42.1 Å². The molecule has 2 N–H and O–H groups in total. The summed E-state index contributed by atoms with van der Waals surface area (Å²) < 4.78 is 13.2.